The van der Waals surface area contributed by atoms with E-state index in [4.69, 9.17) is 0 Å². The molecule has 0 amide bonds. The van der Waals surface area contributed by atoms with Crippen LogP contribution in [0, 0.1) is 13.8 Å². The molecule has 0 atom stereocenters. The van der Waals surface area contributed by atoms with Crippen molar-refractivity contribution >= 4 is 11.5 Å². The largest absolute Gasteiger partial charge is 0.366 e. The Morgan fingerprint density at radius 2 is 2.20 bits per heavy atom. The summed E-state index contributed by atoms with van der Waals surface area (Å²) in [5.41, 5.74) is 2.48. The van der Waals surface area contributed by atoms with Crippen LogP contribution in [-0.2, 0) is 13.6 Å². The Morgan fingerprint density at radius 1 is 1.40 bits per heavy atom. The molecule has 0 aliphatic heterocycles. The number of nitrogens with zero attached hydrogens (tertiary/aromatic N) is 5. The van der Waals surface area contributed by atoms with Gasteiger partial charge in [-0.3, -0.25) is 4.68 Å². The van der Waals surface area contributed by atoms with E-state index in [0.717, 1.165) is 11.3 Å². The van der Waals surface area contributed by atoms with Crippen LogP contribution in [0.15, 0.2) is 17.1 Å². The molecule has 0 spiro atoms. The van der Waals surface area contributed by atoms with Gasteiger partial charge in [0.15, 0.2) is 5.65 Å². The topological polar surface area (TPSA) is 92.9 Å². The van der Waals surface area contributed by atoms with Crippen molar-refractivity contribution < 1.29 is 0 Å². The maximum Gasteiger partial charge on any atom is 0.349 e. The zero-order chi connectivity index (χ0) is 14.3. The lowest BCUT2D eigenvalue weighted by Gasteiger charge is -2.07. The van der Waals surface area contributed by atoms with Gasteiger partial charge in [-0.2, -0.15) is 10.2 Å². The van der Waals surface area contributed by atoms with Gasteiger partial charge in [0.05, 0.1) is 6.20 Å². The normalized spacial score (nSPS) is 11.2. The fourth-order valence-corrected chi connectivity index (χ4v) is 2.09. The molecule has 3 aromatic rings. The number of fused-ring (bicyclic) bond motifs is 1. The van der Waals surface area contributed by atoms with E-state index in [1.807, 2.05) is 24.9 Å². The minimum atomic E-state index is -0.278. The molecule has 0 bridgehead atoms. The van der Waals surface area contributed by atoms with Crippen LogP contribution in [0.25, 0.3) is 5.65 Å². The van der Waals surface area contributed by atoms with Gasteiger partial charge in [-0.25, -0.2) is 19.3 Å². The van der Waals surface area contributed by atoms with Crippen LogP contribution in [0.3, 0.4) is 0 Å². The third kappa shape index (κ3) is 1.94. The predicted molar refractivity (Wildman–Crippen MR) is 73.6 cm³/mol. The SMILES string of the molecule is Cc1c(CNc2cc3n[nH]c(=O)n3c(C)n2)cnn1C. The highest BCUT2D eigenvalue weighted by atomic mass is 16.1. The van der Waals surface area contributed by atoms with Gasteiger partial charge in [0.25, 0.3) is 0 Å². The molecular formula is C12H15N7O. The van der Waals surface area contributed by atoms with Gasteiger partial charge in [0.2, 0.25) is 0 Å². The summed E-state index contributed by atoms with van der Waals surface area (Å²) in [6, 6.07) is 1.73. The lowest BCUT2D eigenvalue weighted by Crippen LogP contribution is -2.14. The molecule has 3 aromatic heterocycles. The zero-order valence-corrected chi connectivity index (χ0v) is 11.5. The Kier molecular flexibility index (Phi) is 2.78. The zero-order valence-electron chi connectivity index (χ0n) is 11.5. The molecule has 0 aliphatic carbocycles. The molecule has 104 valence electrons. The molecule has 0 aliphatic rings. The predicted octanol–water partition coefficient (Wildman–Crippen LogP) is 0.380. The number of hydrogen-bond donors (Lipinski definition) is 2. The lowest BCUT2D eigenvalue weighted by molar-refractivity contribution is 0.738. The summed E-state index contributed by atoms with van der Waals surface area (Å²) in [5, 5.41) is 13.8. The number of H-pyrrole nitrogens is 1. The molecule has 2 N–H and O–H groups in total. The Hall–Kier alpha value is -2.64. The van der Waals surface area contributed by atoms with Gasteiger partial charge in [-0.1, -0.05) is 0 Å². The minimum absolute atomic E-state index is 0.278. The maximum atomic E-state index is 11.5. The molecule has 0 aromatic carbocycles. The lowest BCUT2D eigenvalue weighted by atomic mass is 10.2. The first-order chi connectivity index (χ1) is 9.56. The quantitative estimate of drug-likeness (QED) is 0.719. The van der Waals surface area contributed by atoms with Crippen LogP contribution in [0.4, 0.5) is 5.82 Å². The number of hydrogen-bond acceptors (Lipinski definition) is 5. The molecule has 0 fully saturated rings. The van der Waals surface area contributed by atoms with E-state index in [-0.39, 0.29) is 5.69 Å². The third-order valence-electron chi connectivity index (χ3n) is 3.37. The van der Waals surface area contributed by atoms with Crippen molar-refractivity contribution in [1.29, 1.82) is 0 Å². The van der Waals surface area contributed by atoms with Crippen molar-refractivity contribution in [3.05, 3.63) is 39.8 Å². The fourth-order valence-electron chi connectivity index (χ4n) is 2.09. The van der Waals surface area contributed by atoms with E-state index in [9.17, 15) is 4.79 Å². The second-order valence-corrected chi connectivity index (χ2v) is 4.64. The van der Waals surface area contributed by atoms with Gasteiger partial charge in [-0.15, -0.1) is 0 Å². The Morgan fingerprint density at radius 3 is 2.90 bits per heavy atom. The van der Waals surface area contributed by atoms with Crippen molar-refractivity contribution in [2.45, 2.75) is 20.4 Å². The van der Waals surface area contributed by atoms with E-state index in [2.05, 4.69) is 25.6 Å². The number of aryl methyl sites for hydroxylation is 2. The summed E-state index contributed by atoms with van der Waals surface area (Å²) < 4.78 is 3.26. The molecule has 0 saturated carbocycles. The highest BCUT2D eigenvalue weighted by Crippen LogP contribution is 2.11. The van der Waals surface area contributed by atoms with Crippen LogP contribution in [0.5, 0.6) is 0 Å². The van der Waals surface area contributed by atoms with E-state index in [1.165, 1.54) is 4.40 Å². The van der Waals surface area contributed by atoms with Crippen molar-refractivity contribution in [3.63, 3.8) is 0 Å². The van der Waals surface area contributed by atoms with Crippen LogP contribution in [0.2, 0.25) is 0 Å². The van der Waals surface area contributed by atoms with Gasteiger partial charge in [-0.05, 0) is 13.8 Å². The van der Waals surface area contributed by atoms with Crippen LogP contribution < -0.4 is 11.0 Å². The Labute approximate surface area is 114 Å². The molecule has 0 radical (unpaired) electrons. The summed E-state index contributed by atoms with van der Waals surface area (Å²) in [7, 11) is 1.91. The van der Waals surface area contributed by atoms with Crippen LogP contribution in [0.1, 0.15) is 17.1 Å². The summed E-state index contributed by atoms with van der Waals surface area (Å²) in [4.78, 5) is 15.9. The Balaban J connectivity index is 1.88. The second kappa shape index (κ2) is 4.48. The van der Waals surface area contributed by atoms with E-state index in [0.29, 0.717) is 23.8 Å². The summed E-state index contributed by atoms with van der Waals surface area (Å²) in [5.74, 6) is 1.27. The van der Waals surface area contributed by atoms with Gasteiger partial charge in [0, 0.05) is 30.9 Å². The summed E-state index contributed by atoms with van der Waals surface area (Å²) in [6.45, 7) is 4.40. The summed E-state index contributed by atoms with van der Waals surface area (Å²) in [6.07, 6.45) is 1.83. The van der Waals surface area contributed by atoms with E-state index >= 15 is 0 Å². The number of rotatable bonds is 3. The molecular weight excluding hydrogens is 258 g/mol. The fraction of sp³-hybridized carbons (Fsp3) is 0.333. The number of aromatic nitrogens is 6. The molecule has 3 rings (SSSR count). The van der Waals surface area contributed by atoms with Crippen LogP contribution >= 0.6 is 0 Å². The second-order valence-electron chi connectivity index (χ2n) is 4.64. The van der Waals surface area contributed by atoms with Crippen molar-refractivity contribution in [3.8, 4) is 0 Å². The number of aromatic amines is 1. The maximum absolute atomic E-state index is 11.5. The highest BCUT2D eigenvalue weighted by molar-refractivity contribution is 5.49. The molecule has 0 unspecified atom stereocenters. The Bertz CT molecular complexity index is 826. The standard InChI is InChI=1S/C12H15N7O/c1-7-9(6-14-18(7)3)5-13-10-4-11-16-17-12(20)19(11)8(2)15-10/h4,6,13H,5H2,1-3H3,(H,17,20). The molecule has 3 heterocycles. The van der Waals surface area contributed by atoms with Crippen molar-refractivity contribution in [2.75, 3.05) is 5.32 Å². The number of nitrogens with one attached hydrogen (secondary N) is 2. The number of anilines is 1. The highest BCUT2D eigenvalue weighted by Gasteiger charge is 2.08. The average molecular weight is 273 g/mol. The van der Waals surface area contributed by atoms with E-state index in [1.54, 1.807) is 13.0 Å². The van der Waals surface area contributed by atoms with E-state index < -0.39 is 0 Å². The smallest absolute Gasteiger partial charge is 0.349 e. The minimum Gasteiger partial charge on any atom is -0.366 e. The van der Waals surface area contributed by atoms with Crippen molar-refractivity contribution in [2.24, 2.45) is 7.05 Å². The first-order valence-electron chi connectivity index (χ1n) is 6.22. The first kappa shape index (κ1) is 12.4. The molecule has 20 heavy (non-hydrogen) atoms. The molecule has 8 heteroatoms. The molecule has 8 nitrogen and oxygen atoms in total. The van der Waals surface area contributed by atoms with Crippen molar-refractivity contribution in [1.82, 2.24) is 29.4 Å². The molecule has 0 saturated heterocycles. The van der Waals surface area contributed by atoms with Gasteiger partial charge >= 0.3 is 5.69 Å². The van der Waals surface area contributed by atoms with Gasteiger partial charge in [0.1, 0.15) is 11.6 Å². The third-order valence-corrected chi connectivity index (χ3v) is 3.37. The van der Waals surface area contributed by atoms with Crippen LogP contribution in [-0.4, -0.2) is 29.4 Å². The monoisotopic (exact) mass is 273 g/mol. The summed E-state index contributed by atoms with van der Waals surface area (Å²) >= 11 is 0. The first-order valence-corrected chi connectivity index (χ1v) is 6.22. The average Bonchev–Trinajstić information content (AvgIpc) is 2.93. The van der Waals surface area contributed by atoms with Gasteiger partial charge < -0.3 is 5.32 Å².